The van der Waals surface area contributed by atoms with E-state index in [1.54, 1.807) is 6.20 Å². The molecule has 0 saturated heterocycles. The van der Waals surface area contributed by atoms with Crippen LogP contribution in [-0.2, 0) is 0 Å². The quantitative estimate of drug-likeness (QED) is 0.723. The van der Waals surface area contributed by atoms with Crippen molar-refractivity contribution in [2.24, 2.45) is 0 Å². The van der Waals surface area contributed by atoms with E-state index in [4.69, 9.17) is 23.2 Å². The van der Waals surface area contributed by atoms with Crippen LogP contribution in [-0.4, -0.2) is 14.5 Å². The molecule has 0 atom stereocenters. The third-order valence-corrected chi connectivity index (χ3v) is 2.59. The summed E-state index contributed by atoms with van der Waals surface area (Å²) >= 11 is 12.4. The lowest BCUT2D eigenvalue weighted by molar-refractivity contribution is 0.449. The summed E-state index contributed by atoms with van der Waals surface area (Å²) < 4.78 is 2.01. The zero-order chi connectivity index (χ0) is 8.01. The second kappa shape index (κ2) is 2.27. The average molecular weight is 209 g/mol. The van der Waals surface area contributed by atoms with E-state index < -0.39 is 0 Å². The van der Waals surface area contributed by atoms with Gasteiger partial charge in [-0.25, -0.2) is 4.98 Å². The van der Waals surface area contributed by atoms with Gasteiger partial charge in [0.2, 0.25) is 5.88 Å². The molecule has 2 rings (SSSR count). The molecule has 0 spiro atoms. The van der Waals surface area contributed by atoms with Crippen molar-refractivity contribution >= 4 is 39.5 Å². The van der Waals surface area contributed by atoms with Crippen molar-refractivity contribution in [1.82, 2.24) is 9.38 Å². The number of thiazole rings is 1. The number of aromatic hydroxyl groups is 1. The molecule has 0 amide bonds. The molecule has 0 unspecified atom stereocenters. The Hall–Kier alpha value is -0.450. The van der Waals surface area contributed by atoms with Gasteiger partial charge in [0.25, 0.3) is 0 Å². The van der Waals surface area contributed by atoms with Crippen molar-refractivity contribution in [3.05, 3.63) is 15.7 Å². The number of rotatable bonds is 0. The van der Waals surface area contributed by atoms with Crippen molar-refractivity contribution < 1.29 is 5.11 Å². The highest BCUT2D eigenvalue weighted by Gasteiger charge is 2.10. The van der Waals surface area contributed by atoms with Gasteiger partial charge in [-0.1, -0.05) is 34.5 Å². The average Bonchev–Trinajstić information content (AvgIpc) is 2.37. The van der Waals surface area contributed by atoms with Crippen LogP contribution in [0.15, 0.2) is 6.20 Å². The molecule has 0 saturated carbocycles. The van der Waals surface area contributed by atoms with Crippen LogP contribution in [0, 0.1) is 0 Å². The van der Waals surface area contributed by atoms with Crippen molar-refractivity contribution in [1.29, 1.82) is 0 Å². The molecule has 0 aromatic carbocycles. The molecule has 0 bridgehead atoms. The van der Waals surface area contributed by atoms with Gasteiger partial charge in [0.1, 0.15) is 4.34 Å². The van der Waals surface area contributed by atoms with Gasteiger partial charge in [0.15, 0.2) is 10.1 Å². The van der Waals surface area contributed by atoms with E-state index in [0.29, 0.717) is 9.30 Å². The van der Waals surface area contributed by atoms with E-state index in [1.165, 1.54) is 15.7 Å². The van der Waals surface area contributed by atoms with Crippen LogP contribution in [0.4, 0.5) is 0 Å². The second-order valence-electron chi connectivity index (χ2n) is 1.91. The Morgan fingerprint density at radius 2 is 2.27 bits per heavy atom. The van der Waals surface area contributed by atoms with Gasteiger partial charge >= 0.3 is 0 Å². The molecular formula is C5H2Cl2N2OS. The van der Waals surface area contributed by atoms with Gasteiger partial charge in [0, 0.05) is 6.20 Å². The summed E-state index contributed by atoms with van der Waals surface area (Å²) in [4.78, 5) is 4.44. The molecule has 2 heterocycles. The highest BCUT2D eigenvalue weighted by atomic mass is 35.5. The zero-order valence-corrected chi connectivity index (χ0v) is 7.41. The summed E-state index contributed by atoms with van der Waals surface area (Å²) in [5.41, 5.74) is 0. The normalized spacial score (nSPS) is 11.1. The molecule has 0 aliphatic heterocycles. The highest BCUT2D eigenvalue weighted by molar-refractivity contribution is 7.20. The lowest BCUT2D eigenvalue weighted by atomic mass is 10.8. The van der Waals surface area contributed by atoms with Gasteiger partial charge in [-0.15, -0.1) is 0 Å². The number of imidazole rings is 1. The Kier molecular flexibility index (Phi) is 1.49. The third-order valence-electron chi connectivity index (χ3n) is 1.23. The summed E-state index contributed by atoms with van der Waals surface area (Å²) in [6, 6.07) is 0. The van der Waals surface area contributed by atoms with E-state index in [1.807, 2.05) is 0 Å². The molecule has 58 valence electrons. The fraction of sp³-hybridized carbons (Fsp3) is 0. The predicted molar refractivity (Wildman–Crippen MR) is 44.8 cm³/mol. The second-order valence-corrected chi connectivity index (χ2v) is 3.91. The fourth-order valence-corrected chi connectivity index (χ4v) is 2.01. The fourth-order valence-electron chi connectivity index (χ4n) is 0.781. The summed E-state index contributed by atoms with van der Waals surface area (Å²) in [6.07, 6.45) is 1.57. The number of nitrogens with zero attached hydrogens (tertiary/aromatic N) is 2. The molecule has 0 aliphatic carbocycles. The van der Waals surface area contributed by atoms with Crippen LogP contribution >= 0.6 is 34.5 Å². The van der Waals surface area contributed by atoms with E-state index >= 15 is 0 Å². The summed E-state index contributed by atoms with van der Waals surface area (Å²) in [6.45, 7) is 0. The van der Waals surface area contributed by atoms with Crippen molar-refractivity contribution in [3.8, 4) is 5.88 Å². The zero-order valence-electron chi connectivity index (χ0n) is 5.08. The topological polar surface area (TPSA) is 37.5 Å². The van der Waals surface area contributed by atoms with Crippen LogP contribution < -0.4 is 0 Å². The number of hydrogen-bond acceptors (Lipinski definition) is 3. The van der Waals surface area contributed by atoms with Gasteiger partial charge in [-0.2, -0.15) is 0 Å². The molecule has 2 aromatic heterocycles. The predicted octanol–water partition coefficient (Wildman–Crippen LogP) is 2.41. The first-order chi connectivity index (χ1) is 5.18. The maximum absolute atomic E-state index is 9.23. The lowest BCUT2D eigenvalue weighted by Crippen LogP contribution is -1.72. The molecule has 11 heavy (non-hydrogen) atoms. The van der Waals surface area contributed by atoms with Crippen molar-refractivity contribution in [2.75, 3.05) is 0 Å². The number of fused-ring (bicyclic) bond motifs is 1. The maximum Gasteiger partial charge on any atom is 0.236 e. The first-order valence-electron chi connectivity index (χ1n) is 2.70. The smallest absolute Gasteiger partial charge is 0.236 e. The molecule has 0 aliphatic rings. The standard InChI is InChI=1S/C5H2Cl2N2OS/c6-2-1-9-4(10)3(7)8-5(9)11-2/h1,10H. The van der Waals surface area contributed by atoms with E-state index in [-0.39, 0.29) is 11.0 Å². The number of halogens is 2. The summed E-state index contributed by atoms with van der Waals surface area (Å²) in [7, 11) is 0. The first kappa shape index (κ1) is 7.21. The largest absolute Gasteiger partial charge is 0.492 e. The molecule has 0 radical (unpaired) electrons. The third kappa shape index (κ3) is 0.982. The van der Waals surface area contributed by atoms with Gasteiger partial charge in [-0.3, -0.25) is 4.40 Å². The molecule has 1 N–H and O–H groups in total. The minimum absolute atomic E-state index is 0.0650. The first-order valence-corrected chi connectivity index (χ1v) is 4.27. The Bertz CT molecular complexity index is 408. The minimum Gasteiger partial charge on any atom is -0.492 e. The van der Waals surface area contributed by atoms with Crippen LogP contribution in [0.25, 0.3) is 4.96 Å². The summed E-state index contributed by atoms with van der Waals surface area (Å²) in [5, 5.41) is 9.33. The van der Waals surface area contributed by atoms with E-state index in [9.17, 15) is 5.11 Å². The Morgan fingerprint density at radius 3 is 2.91 bits per heavy atom. The van der Waals surface area contributed by atoms with Crippen molar-refractivity contribution in [2.45, 2.75) is 0 Å². The van der Waals surface area contributed by atoms with Crippen LogP contribution in [0.2, 0.25) is 9.49 Å². The SMILES string of the molecule is Oc1c(Cl)nc2sc(Cl)cn12. The lowest BCUT2D eigenvalue weighted by Gasteiger charge is -1.84. The molecule has 0 fully saturated rings. The van der Waals surface area contributed by atoms with Crippen LogP contribution in [0.3, 0.4) is 0 Å². The Morgan fingerprint density at radius 1 is 1.55 bits per heavy atom. The van der Waals surface area contributed by atoms with E-state index in [2.05, 4.69) is 4.98 Å². The Balaban J connectivity index is 2.88. The number of hydrogen-bond donors (Lipinski definition) is 1. The summed E-state index contributed by atoms with van der Waals surface area (Å²) in [5.74, 6) is -0.0650. The molecule has 2 aromatic rings. The maximum atomic E-state index is 9.23. The van der Waals surface area contributed by atoms with Gasteiger partial charge in [0.05, 0.1) is 0 Å². The number of aromatic nitrogens is 2. The molecule has 3 nitrogen and oxygen atoms in total. The molecular weight excluding hydrogens is 207 g/mol. The minimum atomic E-state index is -0.0650. The van der Waals surface area contributed by atoms with Gasteiger partial charge in [-0.05, 0) is 0 Å². The molecule has 6 heteroatoms. The monoisotopic (exact) mass is 208 g/mol. The Labute approximate surface area is 75.8 Å². The van der Waals surface area contributed by atoms with Crippen LogP contribution in [0.5, 0.6) is 5.88 Å². The van der Waals surface area contributed by atoms with Crippen molar-refractivity contribution in [3.63, 3.8) is 0 Å². The van der Waals surface area contributed by atoms with Gasteiger partial charge < -0.3 is 5.11 Å². The van der Waals surface area contributed by atoms with Crippen LogP contribution in [0.1, 0.15) is 0 Å². The highest BCUT2D eigenvalue weighted by Crippen LogP contribution is 2.30. The van der Waals surface area contributed by atoms with E-state index in [0.717, 1.165) is 0 Å².